The Labute approximate surface area is 156 Å². The molecule has 1 aromatic carbocycles. The highest BCUT2D eigenvalue weighted by Gasteiger charge is 2.26. The number of carbonyl (C=O) groups excluding carboxylic acids is 1. The van der Waals surface area contributed by atoms with Crippen LogP contribution in [0.15, 0.2) is 18.2 Å². The van der Waals surface area contributed by atoms with Crippen molar-refractivity contribution in [2.24, 2.45) is 5.92 Å². The smallest absolute Gasteiger partial charge is 0.226 e. The minimum absolute atomic E-state index is 0.0481. The van der Waals surface area contributed by atoms with Crippen LogP contribution in [0.25, 0.3) is 0 Å². The van der Waals surface area contributed by atoms with Gasteiger partial charge in [-0.15, -0.1) is 11.3 Å². The van der Waals surface area contributed by atoms with Crippen molar-refractivity contribution >= 4 is 28.8 Å². The lowest BCUT2D eigenvalue weighted by Gasteiger charge is -2.24. The van der Waals surface area contributed by atoms with E-state index >= 15 is 0 Å². The molecule has 0 bridgehead atoms. The van der Waals surface area contributed by atoms with E-state index in [0.717, 1.165) is 29.2 Å². The quantitative estimate of drug-likeness (QED) is 0.887. The Kier molecular flexibility index (Phi) is 4.95. The first kappa shape index (κ1) is 16.9. The lowest BCUT2D eigenvalue weighted by Crippen LogP contribution is -2.38. The molecule has 0 fully saturated rings. The minimum atomic E-state index is -0.157. The van der Waals surface area contributed by atoms with Crippen LogP contribution in [-0.2, 0) is 30.5 Å². The van der Waals surface area contributed by atoms with Gasteiger partial charge in [-0.2, -0.15) is 0 Å². The summed E-state index contributed by atoms with van der Waals surface area (Å²) in [6, 6.07) is 5.57. The Hall–Kier alpha value is -1.59. The molecule has 1 unspecified atom stereocenters. The molecule has 0 radical (unpaired) electrons. The number of hydrogen-bond donors (Lipinski definition) is 1. The topological polar surface area (TPSA) is 51.2 Å². The zero-order valence-electron chi connectivity index (χ0n) is 14.0. The molecule has 0 spiro atoms. The normalized spacial score (nSPS) is 18.8. The SMILES string of the molecule is O=C(NCCc1nc2c(s1)CCCC2)C1COc2ccc(Cl)cc2C1. The Morgan fingerprint density at radius 2 is 2.24 bits per heavy atom. The van der Waals surface area contributed by atoms with E-state index < -0.39 is 0 Å². The summed E-state index contributed by atoms with van der Waals surface area (Å²) in [5, 5.41) is 4.86. The number of nitrogens with zero attached hydrogens (tertiary/aromatic N) is 1. The fourth-order valence-corrected chi connectivity index (χ4v) is 4.83. The van der Waals surface area contributed by atoms with Crippen LogP contribution in [0.5, 0.6) is 5.75 Å². The average Bonchev–Trinajstić information content (AvgIpc) is 3.03. The number of benzene rings is 1. The Morgan fingerprint density at radius 1 is 1.36 bits per heavy atom. The first-order valence-electron chi connectivity index (χ1n) is 8.85. The molecule has 2 aliphatic rings. The van der Waals surface area contributed by atoms with E-state index in [1.165, 1.54) is 29.8 Å². The second kappa shape index (κ2) is 7.34. The van der Waals surface area contributed by atoms with Gasteiger partial charge in [0.25, 0.3) is 0 Å². The first-order valence-corrected chi connectivity index (χ1v) is 10.0. The molecule has 1 aliphatic heterocycles. The molecule has 4 rings (SSSR count). The summed E-state index contributed by atoms with van der Waals surface area (Å²) in [6.45, 7) is 1.05. The largest absolute Gasteiger partial charge is 0.492 e. The highest BCUT2D eigenvalue weighted by molar-refractivity contribution is 7.11. The van der Waals surface area contributed by atoms with Crippen LogP contribution in [-0.4, -0.2) is 24.0 Å². The number of aryl methyl sites for hydroxylation is 2. The Morgan fingerprint density at radius 3 is 3.12 bits per heavy atom. The third kappa shape index (κ3) is 3.82. The molecule has 2 aromatic rings. The number of rotatable bonds is 4. The van der Waals surface area contributed by atoms with Crippen LogP contribution >= 0.6 is 22.9 Å². The Bertz CT molecular complexity index is 766. The molecule has 1 amide bonds. The predicted molar refractivity (Wildman–Crippen MR) is 99.6 cm³/mol. The van der Waals surface area contributed by atoms with Gasteiger partial charge in [-0.1, -0.05) is 11.6 Å². The fourth-order valence-electron chi connectivity index (χ4n) is 3.48. The van der Waals surface area contributed by atoms with Gasteiger partial charge in [0.15, 0.2) is 0 Å². The van der Waals surface area contributed by atoms with Crippen molar-refractivity contribution in [1.29, 1.82) is 0 Å². The second-order valence-corrected chi connectivity index (χ2v) is 8.29. The molecule has 6 heteroatoms. The van der Waals surface area contributed by atoms with Gasteiger partial charge in [0.2, 0.25) is 5.91 Å². The monoisotopic (exact) mass is 376 g/mol. The van der Waals surface area contributed by atoms with Crippen LogP contribution in [0.1, 0.15) is 34.0 Å². The molecular weight excluding hydrogens is 356 g/mol. The number of fused-ring (bicyclic) bond motifs is 2. The standard InChI is InChI=1S/C19H21ClN2O2S/c20-14-5-6-16-12(10-14)9-13(11-24-16)19(23)21-8-7-18-22-15-3-1-2-4-17(15)25-18/h5-6,10,13H,1-4,7-9,11H2,(H,21,23). The van der Waals surface area contributed by atoms with Crippen LogP contribution in [0.2, 0.25) is 5.02 Å². The zero-order valence-corrected chi connectivity index (χ0v) is 15.6. The fraction of sp³-hybridized carbons (Fsp3) is 0.474. The van der Waals surface area contributed by atoms with Gasteiger partial charge in [-0.05, 0) is 55.9 Å². The van der Waals surface area contributed by atoms with E-state index in [9.17, 15) is 4.79 Å². The summed E-state index contributed by atoms with van der Waals surface area (Å²) in [5.74, 6) is 0.726. The number of halogens is 1. The van der Waals surface area contributed by atoms with Crippen molar-refractivity contribution in [3.8, 4) is 5.75 Å². The van der Waals surface area contributed by atoms with Crippen molar-refractivity contribution in [3.63, 3.8) is 0 Å². The third-order valence-electron chi connectivity index (χ3n) is 4.83. The molecule has 1 aromatic heterocycles. The van der Waals surface area contributed by atoms with Crippen LogP contribution in [0.4, 0.5) is 0 Å². The number of amides is 1. The number of nitrogens with one attached hydrogen (secondary N) is 1. The first-order chi connectivity index (χ1) is 12.2. The second-order valence-electron chi connectivity index (χ2n) is 6.69. The van der Waals surface area contributed by atoms with Crippen molar-refractivity contribution in [3.05, 3.63) is 44.4 Å². The van der Waals surface area contributed by atoms with E-state index in [-0.39, 0.29) is 11.8 Å². The summed E-state index contributed by atoms with van der Waals surface area (Å²) >= 11 is 7.85. The molecule has 2 heterocycles. The van der Waals surface area contributed by atoms with E-state index in [2.05, 4.69) is 5.32 Å². The zero-order chi connectivity index (χ0) is 17.2. The molecule has 1 atom stereocenters. The van der Waals surface area contributed by atoms with Crippen LogP contribution in [0, 0.1) is 5.92 Å². The summed E-state index contributed by atoms with van der Waals surface area (Å²) in [7, 11) is 0. The summed E-state index contributed by atoms with van der Waals surface area (Å²) in [6.07, 6.45) is 6.28. The lowest BCUT2D eigenvalue weighted by molar-refractivity contribution is -0.126. The molecule has 0 saturated heterocycles. The van der Waals surface area contributed by atoms with Gasteiger partial charge in [0.05, 0.1) is 16.6 Å². The van der Waals surface area contributed by atoms with E-state index in [1.54, 1.807) is 0 Å². The molecule has 132 valence electrons. The average molecular weight is 377 g/mol. The van der Waals surface area contributed by atoms with Gasteiger partial charge in [0.1, 0.15) is 12.4 Å². The van der Waals surface area contributed by atoms with Gasteiger partial charge >= 0.3 is 0 Å². The molecule has 0 saturated carbocycles. The van der Waals surface area contributed by atoms with Gasteiger partial charge < -0.3 is 10.1 Å². The van der Waals surface area contributed by atoms with Crippen molar-refractivity contribution < 1.29 is 9.53 Å². The third-order valence-corrected chi connectivity index (χ3v) is 6.28. The Balaban J connectivity index is 1.30. The van der Waals surface area contributed by atoms with Gasteiger partial charge in [-0.3, -0.25) is 4.79 Å². The van der Waals surface area contributed by atoms with Gasteiger partial charge in [-0.25, -0.2) is 4.98 Å². The molecule has 25 heavy (non-hydrogen) atoms. The highest BCUT2D eigenvalue weighted by atomic mass is 35.5. The summed E-state index contributed by atoms with van der Waals surface area (Å²) in [4.78, 5) is 18.6. The maximum atomic E-state index is 12.4. The summed E-state index contributed by atoms with van der Waals surface area (Å²) < 4.78 is 5.70. The highest BCUT2D eigenvalue weighted by Crippen LogP contribution is 2.30. The van der Waals surface area contributed by atoms with Crippen molar-refractivity contribution in [2.75, 3.05) is 13.2 Å². The maximum Gasteiger partial charge on any atom is 0.226 e. The van der Waals surface area contributed by atoms with Gasteiger partial charge in [0, 0.05) is 22.9 Å². The van der Waals surface area contributed by atoms with Crippen LogP contribution in [0.3, 0.4) is 0 Å². The number of thiazole rings is 1. The minimum Gasteiger partial charge on any atom is -0.492 e. The van der Waals surface area contributed by atoms with Crippen LogP contribution < -0.4 is 10.1 Å². The molecule has 1 N–H and O–H groups in total. The molecular formula is C19H21ClN2O2S. The number of carbonyl (C=O) groups is 1. The van der Waals surface area contributed by atoms with Crippen molar-refractivity contribution in [1.82, 2.24) is 10.3 Å². The number of aromatic nitrogens is 1. The lowest BCUT2D eigenvalue weighted by atomic mass is 9.96. The van der Waals surface area contributed by atoms with E-state index in [4.69, 9.17) is 21.3 Å². The predicted octanol–water partition coefficient (Wildman–Crippen LogP) is 3.59. The number of hydrogen-bond acceptors (Lipinski definition) is 4. The number of ether oxygens (including phenoxy) is 1. The maximum absolute atomic E-state index is 12.4. The molecule has 1 aliphatic carbocycles. The van der Waals surface area contributed by atoms with E-state index in [1.807, 2.05) is 29.5 Å². The molecule has 4 nitrogen and oxygen atoms in total. The summed E-state index contributed by atoms with van der Waals surface area (Å²) in [5.41, 5.74) is 2.29. The van der Waals surface area contributed by atoms with Crippen molar-refractivity contribution in [2.45, 2.75) is 38.5 Å². The van der Waals surface area contributed by atoms with E-state index in [0.29, 0.717) is 24.6 Å².